The molecule has 2 aromatic rings. The Morgan fingerprint density at radius 2 is 2.20 bits per heavy atom. The lowest BCUT2D eigenvalue weighted by Gasteiger charge is -2.12. The lowest BCUT2D eigenvalue weighted by atomic mass is 10.1. The highest BCUT2D eigenvalue weighted by Gasteiger charge is 2.11. The summed E-state index contributed by atoms with van der Waals surface area (Å²) in [6.45, 7) is 2.10. The number of aliphatic carboxylic acids is 1. The number of aromatic nitrogens is 3. The zero-order valence-electron chi connectivity index (χ0n) is 11.3. The summed E-state index contributed by atoms with van der Waals surface area (Å²) in [4.78, 5) is 27.1. The fourth-order valence-electron chi connectivity index (χ4n) is 1.88. The van der Waals surface area contributed by atoms with Crippen molar-refractivity contribution in [1.29, 1.82) is 0 Å². The molecule has 0 amide bonds. The van der Waals surface area contributed by atoms with E-state index in [2.05, 4.69) is 10.4 Å². The maximum atomic E-state index is 12.2. The first-order valence-corrected chi connectivity index (χ1v) is 6.12. The standard InChI is InChI=1S/C13H16N4O3/c1-9-3-5-17(13(20)10(9)7-12(18)19)15-8-11-14-4-6-16(11)2/h3-6,15H,7-8H2,1-2H3,(H,18,19). The highest BCUT2D eigenvalue weighted by molar-refractivity contribution is 5.70. The van der Waals surface area contributed by atoms with Gasteiger partial charge in [0.2, 0.25) is 0 Å². The Hall–Kier alpha value is -2.57. The first kappa shape index (κ1) is 13.9. The molecule has 0 saturated carbocycles. The smallest absolute Gasteiger partial charge is 0.308 e. The van der Waals surface area contributed by atoms with Crippen molar-refractivity contribution in [2.75, 3.05) is 5.43 Å². The average molecular weight is 276 g/mol. The monoisotopic (exact) mass is 276 g/mol. The van der Waals surface area contributed by atoms with E-state index in [1.165, 1.54) is 4.68 Å². The molecule has 0 fully saturated rings. The van der Waals surface area contributed by atoms with Crippen molar-refractivity contribution in [2.45, 2.75) is 19.9 Å². The first-order valence-electron chi connectivity index (χ1n) is 6.12. The van der Waals surface area contributed by atoms with Crippen LogP contribution in [0.2, 0.25) is 0 Å². The molecule has 0 atom stereocenters. The van der Waals surface area contributed by atoms with Crippen LogP contribution in [0, 0.1) is 6.92 Å². The van der Waals surface area contributed by atoms with Gasteiger partial charge >= 0.3 is 5.97 Å². The van der Waals surface area contributed by atoms with E-state index in [0.717, 1.165) is 5.82 Å². The molecule has 0 radical (unpaired) electrons. The van der Waals surface area contributed by atoms with Crippen molar-refractivity contribution in [3.63, 3.8) is 0 Å². The number of nitrogens with zero attached hydrogens (tertiary/aromatic N) is 3. The Labute approximate surface area is 115 Å². The first-order chi connectivity index (χ1) is 9.49. The molecular formula is C13H16N4O3. The zero-order valence-corrected chi connectivity index (χ0v) is 11.3. The Bertz CT molecular complexity index is 687. The second-order valence-corrected chi connectivity index (χ2v) is 4.51. The topological polar surface area (TPSA) is 89.2 Å². The van der Waals surface area contributed by atoms with Gasteiger partial charge in [0, 0.05) is 31.2 Å². The molecule has 0 saturated heterocycles. The molecular weight excluding hydrogens is 260 g/mol. The third kappa shape index (κ3) is 2.87. The molecule has 2 aromatic heterocycles. The van der Waals surface area contributed by atoms with Crippen LogP contribution in [0.15, 0.2) is 29.5 Å². The number of carboxylic acid groups (broad SMARTS) is 1. The number of hydrogen-bond donors (Lipinski definition) is 2. The quantitative estimate of drug-likeness (QED) is 0.817. The van der Waals surface area contributed by atoms with Gasteiger partial charge in [0.25, 0.3) is 5.56 Å². The van der Waals surface area contributed by atoms with Gasteiger partial charge in [-0.2, -0.15) is 0 Å². The maximum absolute atomic E-state index is 12.2. The molecule has 106 valence electrons. The second-order valence-electron chi connectivity index (χ2n) is 4.51. The molecule has 7 heteroatoms. The van der Waals surface area contributed by atoms with Crippen molar-refractivity contribution in [1.82, 2.24) is 14.2 Å². The van der Waals surface area contributed by atoms with Gasteiger partial charge in [-0.1, -0.05) is 0 Å². The molecule has 0 aliphatic carbocycles. The second kappa shape index (κ2) is 5.60. The summed E-state index contributed by atoms with van der Waals surface area (Å²) >= 11 is 0. The van der Waals surface area contributed by atoms with E-state index >= 15 is 0 Å². The summed E-state index contributed by atoms with van der Waals surface area (Å²) < 4.78 is 3.13. The molecule has 2 rings (SSSR count). The zero-order chi connectivity index (χ0) is 14.7. The minimum absolute atomic E-state index is 0.282. The number of imidazole rings is 1. The van der Waals surface area contributed by atoms with Gasteiger partial charge in [0.05, 0.1) is 13.0 Å². The van der Waals surface area contributed by atoms with E-state index in [0.29, 0.717) is 12.1 Å². The summed E-state index contributed by atoms with van der Waals surface area (Å²) in [6.07, 6.45) is 4.79. The van der Waals surface area contributed by atoms with Crippen LogP contribution in [0.4, 0.5) is 0 Å². The number of pyridine rings is 1. The van der Waals surface area contributed by atoms with E-state index < -0.39 is 5.97 Å². The van der Waals surface area contributed by atoms with Gasteiger partial charge in [-0.15, -0.1) is 0 Å². The van der Waals surface area contributed by atoms with Crippen molar-refractivity contribution < 1.29 is 9.90 Å². The van der Waals surface area contributed by atoms with E-state index in [9.17, 15) is 9.59 Å². The van der Waals surface area contributed by atoms with Crippen molar-refractivity contribution in [2.24, 2.45) is 7.05 Å². The van der Waals surface area contributed by atoms with Crippen molar-refractivity contribution >= 4 is 5.97 Å². The van der Waals surface area contributed by atoms with Gasteiger partial charge in [0.1, 0.15) is 5.82 Å². The van der Waals surface area contributed by atoms with E-state index in [1.54, 1.807) is 25.4 Å². The van der Waals surface area contributed by atoms with Crippen molar-refractivity contribution in [3.05, 3.63) is 52.0 Å². The molecule has 0 aliphatic heterocycles. The van der Waals surface area contributed by atoms with Crippen molar-refractivity contribution in [3.8, 4) is 0 Å². The van der Waals surface area contributed by atoms with Gasteiger partial charge in [-0.05, 0) is 18.6 Å². The highest BCUT2D eigenvalue weighted by atomic mass is 16.4. The predicted octanol–water partition coefficient (Wildman–Crippen LogP) is 0.261. The fourth-order valence-corrected chi connectivity index (χ4v) is 1.88. The number of rotatable bonds is 5. The Balaban J connectivity index is 2.23. The molecule has 0 unspecified atom stereocenters. The molecule has 0 bridgehead atoms. The lowest BCUT2D eigenvalue weighted by Crippen LogP contribution is -2.32. The summed E-state index contributed by atoms with van der Waals surface area (Å²) in [5.74, 6) is -0.246. The van der Waals surface area contributed by atoms with Gasteiger partial charge in [0.15, 0.2) is 0 Å². The van der Waals surface area contributed by atoms with Crippen LogP contribution in [-0.4, -0.2) is 25.3 Å². The maximum Gasteiger partial charge on any atom is 0.308 e. The molecule has 2 N–H and O–H groups in total. The Morgan fingerprint density at radius 1 is 1.45 bits per heavy atom. The third-order valence-corrected chi connectivity index (χ3v) is 3.08. The lowest BCUT2D eigenvalue weighted by molar-refractivity contribution is -0.136. The SMILES string of the molecule is Cc1ccn(NCc2nccn2C)c(=O)c1CC(=O)O. The van der Waals surface area contributed by atoms with Crippen LogP contribution in [0.1, 0.15) is 17.0 Å². The largest absolute Gasteiger partial charge is 0.481 e. The fraction of sp³-hybridized carbons (Fsp3) is 0.308. The summed E-state index contributed by atoms with van der Waals surface area (Å²) in [5, 5.41) is 8.84. The van der Waals surface area contributed by atoms with Crippen LogP contribution in [0.5, 0.6) is 0 Å². The van der Waals surface area contributed by atoms with Crippen LogP contribution < -0.4 is 11.0 Å². The van der Waals surface area contributed by atoms with Gasteiger partial charge < -0.3 is 15.1 Å². The van der Waals surface area contributed by atoms with Crippen LogP contribution in [-0.2, 0) is 24.8 Å². The molecule has 7 nitrogen and oxygen atoms in total. The summed E-state index contributed by atoms with van der Waals surface area (Å²) in [5.41, 5.74) is 3.54. The minimum Gasteiger partial charge on any atom is -0.481 e. The number of carboxylic acids is 1. The van der Waals surface area contributed by atoms with E-state index in [4.69, 9.17) is 5.11 Å². The molecule has 20 heavy (non-hydrogen) atoms. The number of carbonyl (C=O) groups is 1. The predicted molar refractivity (Wildman–Crippen MR) is 73.1 cm³/mol. The van der Waals surface area contributed by atoms with Gasteiger partial charge in [-0.3, -0.25) is 9.59 Å². The number of aryl methyl sites for hydroxylation is 2. The number of nitrogens with one attached hydrogen (secondary N) is 1. The van der Waals surface area contributed by atoms with Crippen LogP contribution >= 0.6 is 0 Å². The number of hydrogen-bond acceptors (Lipinski definition) is 4. The molecule has 2 heterocycles. The Kier molecular flexibility index (Phi) is 3.88. The molecule has 0 spiro atoms. The minimum atomic E-state index is -1.02. The van der Waals surface area contributed by atoms with Crippen LogP contribution in [0.3, 0.4) is 0 Å². The third-order valence-electron chi connectivity index (χ3n) is 3.08. The normalized spacial score (nSPS) is 10.5. The van der Waals surface area contributed by atoms with E-state index in [-0.39, 0.29) is 17.5 Å². The van der Waals surface area contributed by atoms with Gasteiger partial charge in [-0.25, -0.2) is 9.66 Å². The highest BCUT2D eigenvalue weighted by Crippen LogP contribution is 2.03. The molecule has 0 aliphatic rings. The van der Waals surface area contributed by atoms with E-state index in [1.807, 2.05) is 17.8 Å². The summed E-state index contributed by atoms with van der Waals surface area (Å²) in [7, 11) is 1.86. The average Bonchev–Trinajstić information content (AvgIpc) is 2.79. The Morgan fingerprint density at radius 3 is 2.80 bits per heavy atom. The molecule has 0 aromatic carbocycles. The van der Waals surface area contributed by atoms with Crippen LogP contribution in [0.25, 0.3) is 0 Å². The summed E-state index contributed by atoms with van der Waals surface area (Å²) in [6, 6.07) is 1.71.